The maximum atomic E-state index is 10.3. The minimum atomic E-state index is -0.564. The van der Waals surface area contributed by atoms with Crippen LogP contribution in [0.2, 0.25) is 0 Å². The van der Waals surface area contributed by atoms with E-state index in [0.717, 1.165) is 32.6 Å². The smallest absolute Gasteiger partial charge is 0.0817 e. The number of rotatable bonds is 7. The Morgan fingerprint density at radius 2 is 2.00 bits per heavy atom. The first-order valence-corrected chi connectivity index (χ1v) is 6.58. The predicted molar refractivity (Wildman–Crippen MR) is 68.2 cm³/mol. The van der Waals surface area contributed by atoms with Gasteiger partial charge in [0.15, 0.2) is 0 Å². The second-order valence-electron chi connectivity index (χ2n) is 5.54. The lowest BCUT2D eigenvalue weighted by atomic mass is 9.94. The molecule has 0 unspecified atom stereocenters. The topological polar surface area (TPSA) is 41.9 Å². The molecule has 0 amide bonds. The molecule has 1 fully saturated rings. The van der Waals surface area contributed by atoms with E-state index in [1.165, 1.54) is 0 Å². The van der Waals surface area contributed by atoms with E-state index < -0.39 is 5.60 Å². The Labute approximate surface area is 105 Å². The number of hydrogen-bond donors (Lipinski definition) is 1. The van der Waals surface area contributed by atoms with Gasteiger partial charge in [0.05, 0.1) is 12.2 Å². The van der Waals surface area contributed by atoms with Crippen molar-refractivity contribution in [1.82, 2.24) is 4.90 Å². The molecule has 0 radical (unpaired) electrons. The lowest BCUT2D eigenvalue weighted by molar-refractivity contribution is -0.0787. The van der Waals surface area contributed by atoms with E-state index >= 15 is 0 Å². The maximum Gasteiger partial charge on any atom is 0.0817 e. The summed E-state index contributed by atoms with van der Waals surface area (Å²) in [5.74, 6) is 0.583. The summed E-state index contributed by atoms with van der Waals surface area (Å²) < 4.78 is 10.8. The zero-order valence-corrected chi connectivity index (χ0v) is 11.4. The van der Waals surface area contributed by atoms with Crippen LogP contribution >= 0.6 is 0 Å². The van der Waals surface area contributed by atoms with Crippen LogP contribution in [-0.2, 0) is 9.47 Å². The molecule has 0 atom stereocenters. The van der Waals surface area contributed by atoms with Gasteiger partial charge in [0.1, 0.15) is 0 Å². The first-order chi connectivity index (χ1) is 8.02. The van der Waals surface area contributed by atoms with Crippen molar-refractivity contribution in [3.63, 3.8) is 0 Å². The molecule has 4 heteroatoms. The fraction of sp³-hybridized carbons (Fsp3) is 1.00. The van der Waals surface area contributed by atoms with Crippen LogP contribution in [0, 0.1) is 5.92 Å². The number of hydrogen-bond acceptors (Lipinski definition) is 4. The van der Waals surface area contributed by atoms with Crippen LogP contribution in [0.4, 0.5) is 0 Å². The average molecular weight is 245 g/mol. The van der Waals surface area contributed by atoms with Crippen LogP contribution in [0.1, 0.15) is 26.7 Å². The number of aliphatic hydroxyl groups is 1. The van der Waals surface area contributed by atoms with Gasteiger partial charge in [0.2, 0.25) is 0 Å². The molecule has 1 aliphatic rings. The molecular formula is C13H27NO3. The predicted octanol–water partition coefficient (Wildman–Crippen LogP) is 1.13. The van der Waals surface area contributed by atoms with Crippen molar-refractivity contribution in [2.24, 2.45) is 5.92 Å². The standard InChI is InChI=1S/C13H27NO3/c1-12(2)10-17-9-6-14(3)11-13(15)4-7-16-8-5-13/h12,15H,4-11H2,1-3H3. The molecular weight excluding hydrogens is 218 g/mol. The summed E-state index contributed by atoms with van der Waals surface area (Å²) in [5, 5.41) is 10.3. The number of likely N-dealkylation sites (N-methyl/N-ethyl adjacent to an activating group) is 1. The Morgan fingerprint density at radius 3 is 2.59 bits per heavy atom. The monoisotopic (exact) mass is 245 g/mol. The molecule has 102 valence electrons. The van der Waals surface area contributed by atoms with Crippen LogP contribution < -0.4 is 0 Å². The highest BCUT2D eigenvalue weighted by atomic mass is 16.5. The molecule has 1 aliphatic heterocycles. The Balaban J connectivity index is 2.13. The van der Waals surface area contributed by atoms with Gasteiger partial charge in [0.25, 0.3) is 0 Å². The van der Waals surface area contributed by atoms with Gasteiger partial charge in [-0.05, 0) is 13.0 Å². The van der Waals surface area contributed by atoms with E-state index in [1.54, 1.807) is 0 Å². The van der Waals surface area contributed by atoms with Gasteiger partial charge >= 0.3 is 0 Å². The van der Waals surface area contributed by atoms with E-state index in [-0.39, 0.29) is 0 Å². The molecule has 17 heavy (non-hydrogen) atoms. The highest BCUT2D eigenvalue weighted by Gasteiger charge is 2.30. The highest BCUT2D eigenvalue weighted by Crippen LogP contribution is 2.20. The molecule has 0 bridgehead atoms. The molecule has 1 N–H and O–H groups in total. The molecule has 1 rings (SSSR count). The van der Waals surface area contributed by atoms with Crippen molar-refractivity contribution < 1.29 is 14.6 Å². The Morgan fingerprint density at radius 1 is 1.35 bits per heavy atom. The molecule has 1 heterocycles. The van der Waals surface area contributed by atoms with Gasteiger partial charge in [0, 0.05) is 45.8 Å². The number of nitrogens with zero attached hydrogens (tertiary/aromatic N) is 1. The van der Waals surface area contributed by atoms with Crippen molar-refractivity contribution >= 4 is 0 Å². The first-order valence-electron chi connectivity index (χ1n) is 6.58. The Bertz CT molecular complexity index is 203. The third kappa shape index (κ3) is 6.36. The van der Waals surface area contributed by atoms with E-state index in [4.69, 9.17) is 9.47 Å². The molecule has 0 aromatic rings. The Kier molecular flexibility index (Phi) is 6.41. The second-order valence-corrected chi connectivity index (χ2v) is 5.54. The van der Waals surface area contributed by atoms with Crippen molar-refractivity contribution in [3.05, 3.63) is 0 Å². The van der Waals surface area contributed by atoms with Gasteiger partial charge in [-0.3, -0.25) is 0 Å². The quantitative estimate of drug-likeness (QED) is 0.683. The Hall–Kier alpha value is -0.160. The maximum absolute atomic E-state index is 10.3. The fourth-order valence-corrected chi connectivity index (χ4v) is 2.03. The molecule has 0 aromatic heterocycles. The SMILES string of the molecule is CC(C)COCCN(C)CC1(O)CCOCC1. The summed E-state index contributed by atoms with van der Waals surface area (Å²) in [6.45, 7) is 8.77. The lowest BCUT2D eigenvalue weighted by Crippen LogP contribution is -2.46. The fourth-order valence-electron chi connectivity index (χ4n) is 2.03. The van der Waals surface area contributed by atoms with Crippen molar-refractivity contribution in [1.29, 1.82) is 0 Å². The molecule has 0 spiro atoms. The van der Waals surface area contributed by atoms with Crippen molar-refractivity contribution in [2.45, 2.75) is 32.3 Å². The minimum Gasteiger partial charge on any atom is -0.388 e. The largest absolute Gasteiger partial charge is 0.388 e. The van der Waals surface area contributed by atoms with Crippen molar-refractivity contribution in [3.8, 4) is 0 Å². The minimum absolute atomic E-state index is 0.564. The van der Waals surface area contributed by atoms with Crippen LogP contribution in [0.15, 0.2) is 0 Å². The summed E-state index contributed by atoms with van der Waals surface area (Å²) in [6.07, 6.45) is 1.48. The summed E-state index contributed by atoms with van der Waals surface area (Å²) in [6, 6.07) is 0. The lowest BCUT2D eigenvalue weighted by Gasteiger charge is -2.35. The van der Waals surface area contributed by atoms with E-state index in [1.807, 2.05) is 7.05 Å². The third-order valence-electron chi connectivity index (χ3n) is 3.06. The van der Waals surface area contributed by atoms with Crippen LogP contribution in [0.25, 0.3) is 0 Å². The van der Waals surface area contributed by atoms with Gasteiger partial charge in [-0.1, -0.05) is 13.8 Å². The van der Waals surface area contributed by atoms with Crippen molar-refractivity contribution in [2.75, 3.05) is 46.6 Å². The zero-order chi connectivity index (χ0) is 12.7. The van der Waals surface area contributed by atoms with E-state index in [9.17, 15) is 5.11 Å². The summed E-state index contributed by atoms with van der Waals surface area (Å²) in [4.78, 5) is 2.14. The van der Waals surface area contributed by atoms with Gasteiger partial charge in [-0.25, -0.2) is 0 Å². The summed E-state index contributed by atoms with van der Waals surface area (Å²) in [5.41, 5.74) is -0.564. The van der Waals surface area contributed by atoms with Crippen LogP contribution in [0.3, 0.4) is 0 Å². The van der Waals surface area contributed by atoms with E-state index in [2.05, 4.69) is 18.7 Å². The summed E-state index contributed by atoms with van der Waals surface area (Å²) in [7, 11) is 2.03. The second kappa shape index (κ2) is 7.31. The molecule has 0 aliphatic carbocycles. The molecule has 0 aromatic carbocycles. The molecule has 1 saturated heterocycles. The summed E-state index contributed by atoms with van der Waals surface area (Å²) >= 11 is 0. The zero-order valence-electron chi connectivity index (χ0n) is 11.4. The highest BCUT2D eigenvalue weighted by molar-refractivity contribution is 4.83. The van der Waals surface area contributed by atoms with Crippen LogP contribution in [-0.4, -0.2) is 62.2 Å². The van der Waals surface area contributed by atoms with Gasteiger partial charge in [-0.15, -0.1) is 0 Å². The van der Waals surface area contributed by atoms with Gasteiger partial charge < -0.3 is 19.5 Å². The third-order valence-corrected chi connectivity index (χ3v) is 3.06. The first kappa shape index (κ1) is 14.9. The van der Waals surface area contributed by atoms with Gasteiger partial charge in [-0.2, -0.15) is 0 Å². The number of ether oxygens (including phenoxy) is 2. The molecule has 4 nitrogen and oxygen atoms in total. The molecule has 0 saturated carbocycles. The van der Waals surface area contributed by atoms with E-state index in [0.29, 0.717) is 25.7 Å². The average Bonchev–Trinajstić information content (AvgIpc) is 2.24. The van der Waals surface area contributed by atoms with Crippen LogP contribution in [0.5, 0.6) is 0 Å². The normalized spacial score (nSPS) is 20.1.